The van der Waals surface area contributed by atoms with Crippen molar-refractivity contribution in [2.75, 3.05) is 33.1 Å². The second-order valence-corrected chi connectivity index (χ2v) is 10.3. The van der Waals surface area contributed by atoms with Crippen LogP contribution in [0.1, 0.15) is 34.8 Å². The van der Waals surface area contributed by atoms with Crippen molar-refractivity contribution in [3.8, 4) is 5.75 Å². The molecule has 0 spiro atoms. The van der Waals surface area contributed by atoms with Crippen LogP contribution in [0.15, 0.2) is 6.07 Å². The lowest BCUT2D eigenvalue weighted by atomic mass is 9.52. The molecule has 1 aromatic carbocycles. The smallest absolute Gasteiger partial charge is 0.235 e. The minimum atomic E-state index is -2.71. The predicted octanol–water partition coefficient (Wildman–Crippen LogP) is -0.505. The van der Waals surface area contributed by atoms with Crippen molar-refractivity contribution in [3.63, 3.8) is 0 Å². The molecule has 4 rings (SSSR count). The largest absolute Gasteiger partial charge is 0.507 e. The number of aryl methyl sites for hydroxylation is 1. The maximum Gasteiger partial charge on any atom is 0.235 e. The van der Waals surface area contributed by atoms with Crippen molar-refractivity contribution in [3.05, 3.63) is 22.8 Å². The van der Waals surface area contributed by atoms with Crippen molar-refractivity contribution < 1.29 is 34.2 Å². The molecule has 0 heterocycles. The molecule has 0 aromatic heterocycles. The molecule has 10 nitrogen and oxygen atoms in total. The zero-order valence-electron chi connectivity index (χ0n) is 20.5. The molecular formula is C25H31N3O7. The van der Waals surface area contributed by atoms with Gasteiger partial charge >= 0.3 is 0 Å². The van der Waals surface area contributed by atoms with Gasteiger partial charge in [0.05, 0.1) is 17.5 Å². The summed E-state index contributed by atoms with van der Waals surface area (Å²) in [6, 6.07) is 0.706. The maximum absolute atomic E-state index is 13.8. The van der Waals surface area contributed by atoms with E-state index in [0.717, 1.165) is 5.69 Å². The van der Waals surface area contributed by atoms with Crippen molar-refractivity contribution in [2.24, 2.45) is 29.4 Å². The molecule has 35 heavy (non-hydrogen) atoms. The Kier molecular flexibility index (Phi) is 5.88. The number of rotatable bonds is 4. The topological polar surface area (TPSA) is 158 Å². The Morgan fingerprint density at radius 3 is 2.29 bits per heavy atom. The van der Waals surface area contributed by atoms with Crippen molar-refractivity contribution in [2.45, 2.75) is 37.8 Å². The van der Waals surface area contributed by atoms with Gasteiger partial charge < -0.3 is 20.8 Å². The first-order valence-electron chi connectivity index (χ1n) is 11.7. The number of phenolic OH excluding ortho intramolecular Hbond substituents is 1. The number of Topliss-reactive ketones (excluding diaryl/α,β-unsaturated/α-hetero) is 4. The van der Waals surface area contributed by atoms with Crippen molar-refractivity contribution in [1.29, 1.82) is 0 Å². The van der Waals surface area contributed by atoms with Crippen LogP contribution in [-0.2, 0) is 32.0 Å². The van der Waals surface area contributed by atoms with E-state index in [9.17, 15) is 34.2 Å². The minimum Gasteiger partial charge on any atom is -0.507 e. The van der Waals surface area contributed by atoms with Gasteiger partial charge in [-0.1, -0.05) is 6.92 Å². The number of nitrogens with zero attached hydrogens (tertiary/aromatic N) is 2. The summed E-state index contributed by atoms with van der Waals surface area (Å²) in [5.74, 6) is -10.2. The summed E-state index contributed by atoms with van der Waals surface area (Å²) >= 11 is 0. The van der Waals surface area contributed by atoms with Crippen molar-refractivity contribution >= 4 is 34.7 Å². The van der Waals surface area contributed by atoms with E-state index in [4.69, 9.17) is 5.73 Å². The third-order valence-electron chi connectivity index (χ3n) is 7.98. The Labute approximate surface area is 203 Å². The average Bonchev–Trinajstić information content (AvgIpc) is 2.75. The minimum absolute atomic E-state index is 0.0274. The summed E-state index contributed by atoms with van der Waals surface area (Å²) in [4.78, 5) is 69.3. The number of carbonyl (C=O) groups is 5. The Hall–Kier alpha value is -3.11. The van der Waals surface area contributed by atoms with E-state index in [1.54, 1.807) is 14.1 Å². The molecule has 0 radical (unpaired) electrons. The lowest BCUT2D eigenvalue weighted by Gasteiger charge is -2.52. The number of aromatic hydroxyl groups is 1. The van der Waals surface area contributed by atoms with Crippen LogP contribution < -0.4 is 10.6 Å². The number of anilines is 1. The van der Waals surface area contributed by atoms with Crippen LogP contribution in [0.25, 0.3) is 0 Å². The fourth-order valence-electron chi connectivity index (χ4n) is 6.37. The molecule has 1 amide bonds. The molecule has 3 aliphatic carbocycles. The van der Waals surface area contributed by atoms with Gasteiger partial charge in [0.2, 0.25) is 5.91 Å². The fraction of sp³-hybridized carbons (Fsp3) is 0.560. The third kappa shape index (κ3) is 3.26. The summed E-state index contributed by atoms with van der Waals surface area (Å²) in [5, 5.41) is 22.5. The fourth-order valence-corrected chi connectivity index (χ4v) is 6.37. The first-order valence-corrected chi connectivity index (χ1v) is 11.7. The highest BCUT2D eigenvalue weighted by Crippen LogP contribution is 2.52. The molecule has 1 aromatic rings. The summed E-state index contributed by atoms with van der Waals surface area (Å²) in [6.45, 7) is 1.83. The number of nitrogens with two attached hydrogens (primary N) is 1. The molecule has 0 aliphatic heterocycles. The normalized spacial score (nSPS) is 32.3. The Bertz CT molecular complexity index is 1170. The molecule has 0 saturated heterocycles. The van der Waals surface area contributed by atoms with Crippen LogP contribution in [0.4, 0.5) is 5.69 Å². The highest BCUT2D eigenvalue weighted by Gasteiger charge is 2.69. The number of fused-ring (bicyclic) bond motifs is 3. The van der Waals surface area contributed by atoms with Gasteiger partial charge in [-0.25, -0.2) is 0 Å². The van der Waals surface area contributed by atoms with Crippen LogP contribution in [0.2, 0.25) is 0 Å². The number of carbonyl (C=O) groups excluding carboxylic acids is 5. The molecule has 4 N–H and O–H groups in total. The summed E-state index contributed by atoms with van der Waals surface area (Å²) < 4.78 is 0. The Balaban J connectivity index is 1.91. The highest BCUT2D eigenvalue weighted by atomic mass is 16.3. The number of hydrogen-bond donors (Lipinski definition) is 3. The number of amides is 1. The molecule has 6 unspecified atom stereocenters. The monoisotopic (exact) mass is 485 g/mol. The Morgan fingerprint density at radius 2 is 1.77 bits per heavy atom. The molecule has 2 fully saturated rings. The highest BCUT2D eigenvalue weighted by molar-refractivity contribution is 6.32. The number of likely N-dealkylation sites (N-methyl/N-ethyl adjacent to an activating group) is 1. The van der Waals surface area contributed by atoms with Crippen molar-refractivity contribution in [1.82, 2.24) is 4.90 Å². The van der Waals surface area contributed by atoms with Gasteiger partial charge in [-0.05, 0) is 56.5 Å². The molecule has 10 heteroatoms. The lowest BCUT2D eigenvalue weighted by molar-refractivity contribution is -0.181. The quantitative estimate of drug-likeness (QED) is 0.478. The van der Waals surface area contributed by atoms with Gasteiger partial charge in [0.25, 0.3) is 0 Å². The molecule has 0 bridgehead atoms. The van der Waals surface area contributed by atoms with E-state index in [2.05, 4.69) is 0 Å². The van der Waals surface area contributed by atoms with Gasteiger partial charge in [0.15, 0.2) is 34.7 Å². The van der Waals surface area contributed by atoms with Crippen LogP contribution in [0.3, 0.4) is 0 Å². The van der Waals surface area contributed by atoms with Gasteiger partial charge in [-0.2, -0.15) is 0 Å². The van der Waals surface area contributed by atoms with E-state index in [1.807, 2.05) is 32.0 Å². The number of aliphatic hydroxyl groups is 1. The Morgan fingerprint density at radius 1 is 1.14 bits per heavy atom. The van der Waals surface area contributed by atoms with Crippen LogP contribution in [-0.4, -0.2) is 84.0 Å². The first-order chi connectivity index (χ1) is 16.3. The lowest BCUT2D eigenvalue weighted by Crippen LogP contribution is -2.74. The summed E-state index contributed by atoms with van der Waals surface area (Å²) in [6.07, 6.45) is 0.733. The standard InChI is InChI=1S/C25H31N3O7/c1-6-10-9-14(27(2)3)12-7-11-8-13-18(28(4)5)21(31)17(24(26)34)23(33)25(13,35)22(32)15(11)20(30)16(12)19(10)29/h9,11,13,15,17-18,29,35H,6-8H2,1-5H3,(H2,26,34). The number of ketones is 4. The van der Waals surface area contributed by atoms with Gasteiger partial charge in [0, 0.05) is 25.7 Å². The zero-order chi connectivity index (χ0) is 26.1. The average molecular weight is 486 g/mol. The van der Waals surface area contributed by atoms with Crippen LogP contribution >= 0.6 is 0 Å². The maximum atomic E-state index is 13.8. The number of hydrogen-bond acceptors (Lipinski definition) is 9. The molecular weight excluding hydrogens is 454 g/mol. The SMILES string of the molecule is CCc1cc(N(C)C)c2c(c1O)C(=O)C1C(=O)C3(O)C(=O)C(C(N)=O)C(=O)C(N(C)C)C3CC1C2. The summed E-state index contributed by atoms with van der Waals surface area (Å²) in [7, 11) is 6.75. The molecule has 3 aliphatic rings. The van der Waals surface area contributed by atoms with Gasteiger partial charge in [-0.15, -0.1) is 0 Å². The number of benzene rings is 1. The van der Waals surface area contributed by atoms with E-state index >= 15 is 0 Å². The molecule has 188 valence electrons. The number of phenols is 1. The van der Waals surface area contributed by atoms with E-state index in [0.29, 0.717) is 17.5 Å². The van der Waals surface area contributed by atoms with E-state index in [1.165, 1.54) is 4.90 Å². The van der Waals surface area contributed by atoms with Crippen LogP contribution in [0.5, 0.6) is 5.75 Å². The zero-order valence-corrected chi connectivity index (χ0v) is 20.5. The van der Waals surface area contributed by atoms with Gasteiger partial charge in [-0.3, -0.25) is 28.9 Å². The molecule has 2 saturated carbocycles. The second kappa shape index (κ2) is 8.23. The summed E-state index contributed by atoms with van der Waals surface area (Å²) in [5.41, 5.74) is 4.53. The second-order valence-electron chi connectivity index (χ2n) is 10.3. The third-order valence-corrected chi connectivity index (χ3v) is 7.98. The van der Waals surface area contributed by atoms with Crippen LogP contribution in [0, 0.1) is 23.7 Å². The van der Waals surface area contributed by atoms with E-state index in [-0.39, 0.29) is 24.2 Å². The molecule has 6 atom stereocenters. The number of primary amides is 1. The van der Waals surface area contributed by atoms with Gasteiger partial charge in [0.1, 0.15) is 5.75 Å². The van der Waals surface area contributed by atoms with E-state index < -0.39 is 64.4 Å². The predicted molar refractivity (Wildman–Crippen MR) is 125 cm³/mol. The first kappa shape index (κ1) is 25.0.